The lowest BCUT2D eigenvalue weighted by Crippen LogP contribution is -2.13. The monoisotopic (exact) mass is 398 g/mol. The Morgan fingerprint density at radius 3 is 2.61 bits per heavy atom. The summed E-state index contributed by atoms with van der Waals surface area (Å²) >= 11 is 6.00. The van der Waals surface area contributed by atoms with Crippen molar-refractivity contribution in [3.8, 4) is 5.75 Å². The molecular formula is C22H23ClN2O3. The first-order valence-electron chi connectivity index (χ1n) is 9.32. The van der Waals surface area contributed by atoms with Crippen LogP contribution < -0.4 is 15.4 Å². The fraction of sp³-hybridized carbons (Fsp3) is 0.273. The van der Waals surface area contributed by atoms with Gasteiger partial charge in [0.05, 0.1) is 17.5 Å². The van der Waals surface area contributed by atoms with Crippen molar-refractivity contribution in [2.45, 2.75) is 38.7 Å². The van der Waals surface area contributed by atoms with Gasteiger partial charge >= 0.3 is 0 Å². The summed E-state index contributed by atoms with van der Waals surface area (Å²) in [5.74, 6) is 0.265. The van der Waals surface area contributed by atoms with Crippen LogP contribution in [0.4, 0.5) is 11.4 Å². The maximum absolute atomic E-state index is 12.3. The van der Waals surface area contributed by atoms with E-state index in [0.717, 1.165) is 24.2 Å². The van der Waals surface area contributed by atoms with Crippen LogP contribution in [-0.4, -0.2) is 17.9 Å². The van der Waals surface area contributed by atoms with Crippen LogP contribution in [0, 0.1) is 0 Å². The smallest absolute Gasteiger partial charge is 0.248 e. The number of carbonyl (C=O) groups excluding carboxylic acids is 2. The number of nitrogens with one attached hydrogen (secondary N) is 2. The van der Waals surface area contributed by atoms with E-state index in [9.17, 15) is 9.59 Å². The van der Waals surface area contributed by atoms with Gasteiger partial charge in [0.25, 0.3) is 0 Å². The molecule has 2 N–H and O–H groups in total. The van der Waals surface area contributed by atoms with Crippen molar-refractivity contribution < 1.29 is 14.3 Å². The van der Waals surface area contributed by atoms with Crippen molar-refractivity contribution in [3.05, 3.63) is 59.1 Å². The summed E-state index contributed by atoms with van der Waals surface area (Å²) in [4.78, 5) is 23.6. The van der Waals surface area contributed by atoms with E-state index in [1.807, 2.05) is 24.3 Å². The molecule has 28 heavy (non-hydrogen) atoms. The van der Waals surface area contributed by atoms with E-state index in [1.165, 1.54) is 25.8 Å². The molecular weight excluding hydrogens is 376 g/mol. The van der Waals surface area contributed by atoms with Crippen molar-refractivity contribution in [1.82, 2.24) is 0 Å². The molecule has 6 heteroatoms. The number of anilines is 2. The van der Waals surface area contributed by atoms with Crippen molar-refractivity contribution in [2.75, 3.05) is 10.6 Å². The summed E-state index contributed by atoms with van der Waals surface area (Å²) in [5.41, 5.74) is 1.81. The number of ether oxygens (including phenoxy) is 1. The van der Waals surface area contributed by atoms with Gasteiger partial charge in [0.15, 0.2) is 0 Å². The van der Waals surface area contributed by atoms with Gasteiger partial charge in [-0.1, -0.05) is 23.7 Å². The van der Waals surface area contributed by atoms with Gasteiger partial charge in [-0.3, -0.25) is 9.59 Å². The summed E-state index contributed by atoms with van der Waals surface area (Å²) in [7, 11) is 0. The first-order valence-corrected chi connectivity index (χ1v) is 9.70. The first-order chi connectivity index (χ1) is 13.5. The van der Waals surface area contributed by atoms with Crippen LogP contribution in [0.15, 0.2) is 48.5 Å². The topological polar surface area (TPSA) is 67.4 Å². The molecule has 2 aromatic rings. The van der Waals surface area contributed by atoms with Crippen LogP contribution in [0.2, 0.25) is 5.02 Å². The molecule has 0 spiro atoms. The van der Waals surface area contributed by atoms with Crippen LogP contribution in [-0.2, 0) is 9.59 Å². The molecule has 1 fully saturated rings. The van der Waals surface area contributed by atoms with Gasteiger partial charge in [0, 0.05) is 18.0 Å². The predicted octanol–water partition coefficient (Wildman–Crippen LogP) is 5.27. The summed E-state index contributed by atoms with van der Waals surface area (Å²) in [6.45, 7) is 1.40. The highest BCUT2D eigenvalue weighted by Crippen LogP contribution is 2.26. The molecule has 2 amide bonds. The number of halogens is 1. The average molecular weight is 399 g/mol. The normalized spacial score (nSPS) is 14.2. The highest BCUT2D eigenvalue weighted by molar-refractivity contribution is 6.31. The molecule has 146 valence electrons. The maximum atomic E-state index is 12.3. The van der Waals surface area contributed by atoms with E-state index >= 15 is 0 Å². The van der Waals surface area contributed by atoms with E-state index in [4.69, 9.17) is 16.3 Å². The molecule has 0 saturated heterocycles. The van der Waals surface area contributed by atoms with Gasteiger partial charge in [-0.15, -0.1) is 0 Å². The SMILES string of the molecule is CC(=O)Nc1ccc(Cl)cc1NC(=O)C=Cc1cccc(OC2CCCC2)c1. The molecule has 0 unspecified atom stereocenters. The summed E-state index contributed by atoms with van der Waals surface area (Å²) in [6.07, 6.45) is 8.07. The molecule has 0 bridgehead atoms. The van der Waals surface area contributed by atoms with Gasteiger partial charge in [-0.2, -0.15) is 0 Å². The Morgan fingerprint density at radius 1 is 1.07 bits per heavy atom. The Bertz CT molecular complexity index is 889. The lowest BCUT2D eigenvalue weighted by molar-refractivity contribution is -0.114. The predicted molar refractivity (Wildman–Crippen MR) is 113 cm³/mol. The van der Waals surface area contributed by atoms with Crippen LogP contribution in [0.1, 0.15) is 38.2 Å². The molecule has 3 rings (SSSR count). The zero-order chi connectivity index (χ0) is 19.9. The number of hydrogen-bond acceptors (Lipinski definition) is 3. The largest absolute Gasteiger partial charge is 0.490 e. The van der Waals surface area contributed by atoms with Crippen LogP contribution in [0.3, 0.4) is 0 Å². The van der Waals surface area contributed by atoms with Crippen molar-refractivity contribution >= 4 is 40.9 Å². The Hall–Kier alpha value is -2.79. The molecule has 0 heterocycles. The highest BCUT2D eigenvalue weighted by Gasteiger charge is 2.16. The van der Waals surface area contributed by atoms with Gasteiger partial charge in [0.2, 0.25) is 11.8 Å². The maximum Gasteiger partial charge on any atom is 0.248 e. The summed E-state index contributed by atoms with van der Waals surface area (Å²) in [6, 6.07) is 12.6. The molecule has 2 aromatic carbocycles. The minimum absolute atomic E-state index is 0.229. The van der Waals surface area contributed by atoms with E-state index in [1.54, 1.807) is 24.3 Å². The molecule has 1 aliphatic rings. The fourth-order valence-electron chi connectivity index (χ4n) is 3.16. The summed E-state index contributed by atoms with van der Waals surface area (Å²) in [5, 5.41) is 5.88. The molecule has 1 saturated carbocycles. The number of rotatable bonds is 6. The van der Waals surface area contributed by atoms with Gasteiger partial charge in [-0.25, -0.2) is 0 Å². The minimum Gasteiger partial charge on any atom is -0.490 e. The van der Waals surface area contributed by atoms with Crippen molar-refractivity contribution in [1.29, 1.82) is 0 Å². The number of benzene rings is 2. The third-order valence-corrected chi connectivity index (χ3v) is 4.68. The highest BCUT2D eigenvalue weighted by atomic mass is 35.5. The Morgan fingerprint density at radius 2 is 1.86 bits per heavy atom. The zero-order valence-electron chi connectivity index (χ0n) is 15.7. The molecule has 0 aromatic heterocycles. The molecule has 1 aliphatic carbocycles. The number of carbonyl (C=O) groups is 2. The second-order valence-corrected chi connectivity index (χ2v) is 7.23. The van der Waals surface area contributed by atoms with E-state index in [-0.39, 0.29) is 17.9 Å². The van der Waals surface area contributed by atoms with Gasteiger partial charge in [-0.05, 0) is 67.7 Å². The molecule has 0 radical (unpaired) electrons. The Labute approximate surface area is 169 Å². The van der Waals surface area contributed by atoms with Gasteiger partial charge < -0.3 is 15.4 Å². The van der Waals surface area contributed by atoms with Crippen LogP contribution >= 0.6 is 11.6 Å². The van der Waals surface area contributed by atoms with E-state index < -0.39 is 0 Å². The molecule has 5 nitrogen and oxygen atoms in total. The minimum atomic E-state index is -0.323. The van der Waals surface area contributed by atoms with Crippen molar-refractivity contribution in [2.24, 2.45) is 0 Å². The summed E-state index contributed by atoms with van der Waals surface area (Å²) < 4.78 is 5.99. The lowest BCUT2D eigenvalue weighted by Gasteiger charge is -2.13. The van der Waals surface area contributed by atoms with Crippen molar-refractivity contribution in [3.63, 3.8) is 0 Å². The van der Waals surface area contributed by atoms with E-state index in [2.05, 4.69) is 10.6 Å². The third kappa shape index (κ3) is 5.86. The third-order valence-electron chi connectivity index (χ3n) is 4.44. The fourth-order valence-corrected chi connectivity index (χ4v) is 3.33. The van der Waals surface area contributed by atoms with Crippen LogP contribution in [0.25, 0.3) is 6.08 Å². The second kappa shape index (κ2) is 9.42. The average Bonchev–Trinajstić information content (AvgIpc) is 3.15. The van der Waals surface area contributed by atoms with E-state index in [0.29, 0.717) is 16.4 Å². The lowest BCUT2D eigenvalue weighted by atomic mass is 10.2. The number of hydrogen-bond donors (Lipinski definition) is 2. The second-order valence-electron chi connectivity index (χ2n) is 6.79. The van der Waals surface area contributed by atoms with Gasteiger partial charge in [0.1, 0.15) is 5.75 Å². The number of amides is 2. The zero-order valence-corrected chi connectivity index (χ0v) is 16.5. The molecule has 0 atom stereocenters. The Kier molecular flexibility index (Phi) is 6.71. The first kappa shape index (κ1) is 20.0. The molecule has 0 aliphatic heterocycles. The standard InChI is InChI=1S/C22H23ClN2O3/c1-15(26)24-20-11-10-17(23)14-21(20)25-22(27)12-9-16-5-4-8-19(13-16)28-18-6-2-3-7-18/h4-5,8-14,18H,2-3,6-7H2,1H3,(H,24,26)(H,25,27). The quantitative estimate of drug-likeness (QED) is 0.651. The van der Waals surface area contributed by atoms with Crippen LogP contribution in [0.5, 0.6) is 5.75 Å². The Balaban J connectivity index is 1.65.